The van der Waals surface area contributed by atoms with E-state index >= 15 is 0 Å². The van der Waals surface area contributed by atoms with Crippen LogP contribution in [0.1, 0.15) is 48.1 Å². The summed E-state index contributed by atoms with van der Waals surface area (Å²) in [5.74, 6) is 3.12. The van der Waals surface area contributed by atoms with Crippen molar-refractivity contribution >= 4 is 0 Å². The zero-order chi connectivity index (χ0) is 16.5. The Labute approximate surface area is 139 Å². The van der Waals surface area contributed by atoms with E-state index in [1.54, 1.807) is 13.4 Å². The Hall–Kier alpha value is -2.63. The molecule has 0 amide bonds. The number of aryl methyl sites for hydroxylation is 1. The summed E-state index contributed by atoms with van der Waals surface area (Å²) in [4.78, 5) is 8.94. The van der Waals surface area contributed by atoms with Crippen LogP contribution in [-0.2, 0) is 6.42 Å². The van der Waals surface area contributed by atoms with Crippen molar-refractivity contribution in [1.29, 1.82) is 0 Å². The molecule has 0 saturated heterocycles. The molecular formula is C18H19N3O3. The fourth-order valence-electron chi connectivity index (χ4n) is 2.82. The molecule has 0 unspecified atom stereocenters. The van der Waals surface area contributed by atoms with Gasteiger partial charge in [0.15, 0.2) is 5.89 Å². The molecule has 4 rings (SSSR count). The first-order chi connectivity index (χ1) is 11.7. The van der Waals surface area contributed by atoms with Gasteiger partial charge in [-0.05, 0) is 43.0 Å². The van der Waals surface area contributed by atoms with Gasteiger partial charge in [-0.15, -0.1) is 0 Å². The lowest BCUT2D eigenvalue weighted by molar-refractivity contribution is 0.335. The van der Waals surface area contributed by atoms with Crippen LogP contribution in [0.15, 0.2) is 33.4 Å². The van der Waals surface area contributed by atoms with Crippen molar-refractivity contribution in [3.8, 4) is 17.3 Å². The van der Waals surface area contributed by atoms with E-state index in [1.165, 1.54) is 6.42 Å². The number of ether oxygens (including phenoxy) is 1. The maximum atomic E-state index is 5.55. The molecule has 0 atom stereocenters. The topological polar surface area (TPSA) is 74.2 Å². The van der Waals surface area contributed by atoms with Crippen LogP contribution in [0.4, 0.5) is 0 Å². The lowest BCUT2D eigenvalue weighted by atomic mass is 9.85. The number of nitrogens with zero attached hydrogens (tertiary/aromatic N) is 3. The second-order valence-electron chi connectivity index (χ2n) is 6.18. The predicted octanol–water partition coefficient (Wildman–Crippen LogP) is 3.90. The van der Waals surface area contributed by atoms with Crippen molar-refractivity contribution in [3.63, 3.8) is 0 Å². The number of rotatable bonds is 5. The molecule has 1 fully saturated rings. The fourth-order valence-corrected chi connectivity index (χ4v) is 2.82. The third-order valence-corrected chi connectivity index (χ3v) is 4.56. The lowest BCUT2D eigenvalue weighted by Gasteiger charge is -2.21. The largest absolute Gasteiger partial charge is 0.497 e. The van der Waals surface area contributed by atoms with E-state index in [2.05, 4.69) is 15.1 Å². The summed E-state index contributed by atoms with van der Waals surface area (Å²) in [5, 5.41) is 4.03. The maximum absolute atomic E-state index is 5.55. The molecule has 1 aliphatic carbocycles. The molecule has 3 aromatic rings. The highest BCUT2D eigenvalue weighted by Gasteiger charge is 2.25. The highest BCUT2D eigenvalue weighted by molar-refractivity contribution is 5.46. The minimum absolute atomic E-state index is 0.451. The van der Waals surface area contributed by atoms with Crippen LogP contribution in [0.25, 0.3) is 11.5 Å². The minimum atomic E-state index is 0.451. The van der Waals surface area contributed by atoms with E-state index < -0.39 is 0 Å². The second-order valence-corrected chi connectivity index (χ2v) is 6.18. The van der Waals surface area contributed by atoms with E-state index in [0.717, 1.165) is 35.6 Å². The second kappa shape index (κ2) is 6.11. The maximum Gasteiger partial charge on any atom is 0.231 e. The molecule has 6 heteroatoms. The molecule has 2 aromatic heterocycles. The number of aromatic nitrogens is 3. The molecule has 124 valence electrons. The monoisotopic (exact) mass is 325 g/mol. The van der Waals surface area contributed by atoms with Gasteiger partial charge in [0.25, 0.3) is 0 Å². The van der Waals surface area contributed by atoms with Crippen molar-refractivity contribution in [3.05, 3.63) is 47.4 Å². The van der Waals surface area contributed by atoms with E-state index in [1.807, 2.05) is 25.1 Å². The Morgan fingerprint density at radius 2 is 2.12 bits per heavy atom. The number of benzene rings is 1. The summed E-state index contributed by atoms with van der Waals surface area (Å²) in [6.07, 6.45) is 5.73. The number of hydrogen-bond donors (Lipinski definition) is 0. The van der Waals surface area contributed by atoms with Crippen LogP contribution in [0, 0.1) is 6.92 Å². The van der Waals surface area contributed by atoms with Crippen molar-refractivity contribution in [2.24, 2.45) is 0 Å². The molecule has 0 spiro atoms. The van der Waals surface area contributed by atoms with Gasteiger partial charge in [-0.2, -0.15) is 4.98 Å². The van der Waals surface area contributed by atoms with Crippen molar-refractivity contribution in [2.45, 2.75) is 38.5 Å². The third-order valence-electron chi connectivity index (χ3n) is 4.56. The smallest absolute Gasteiger partial charge is 0.231 e. The molecular weight excluding hydrogens is 306 g/mol. The van der Waals surface area contributed by atoms with Gasteiger partial charge in [-0.1, -0.05) is 17.6 Å². The van der Waals surface area contributed by atoms with Gasteiger partial charge < -0.3 is 13.7 Å². The van der Waals surface area contributed by atoms with Gasteiger partial charge in [0, 0.05) is 5.92 Å². The molecule has 24 heavy (non-hydrogen) atoms. The number of hydrogen-bond acceptors (Lipinski definition) is 6. The first-order valence-corrected chi connectivity index (χ1v) is 8.15. The Morgan fingerprint density at radius 3 is 2.83 bits per heavy atom. The summed E-state index contributed by atoms with van der Waals surface area (Å²) in [6, 6.07) is 5.94. The summed E-state index contributed by atoms with van der Waals surface area (Å²) in [5.41, 5.74) is 2.89. The summed E-state index contributed by atoms with van der Waals surface area (Å²) in [6.45, 7) is 2.04. The Bertz CT molecular complexity index is 849. The SMILES string of the molecule is COc1ccc(Cc2nc(-c3coc(C4CCC4)n3)no2)c(C)c1. The van der Waals surface area contributed by atoms with Crippen LogP contribution < -0.4 is 4.74 Å². The van der Waals surface area contributed by atoms with Crippen LogP contribution in [0.5, 0.6) is 5.75 Å². The molecule has 1 aromatic carbocycles. The van der Waals surface area contributed by atoms with Crippen LogP contribution in [0.2, 0.25) is 0 Å². The van der Waals surface area contributed by atoms with Gasteiger partial charge in [-0.25, -0.2) is 4.98 Å². The highest BCUT2D eigenvalue weighted by Crippen LogP contribution is 2.36. The first-order valence-electron chi connectivity index (χ1n) is 8.15. The molecule has 6 nitrogen and oxygen atoms in total. The minimum Gasteiger partial charge on any atom is -0.497 e. The zero-order valence-corrected chi connectivity index (χ0v) is 13.8. The van der Waals surface area contributed by atoms with E-state index in [0.29, 0.717) is 29.7 Å². The van der Waals surface area contributed by atoms with E-state index in [4.69, 9.17) is 13.7 Å². The van der Waals surface area contributed by atoms with E-state index in [-0.39, 0.29) is 0 Å². The lowest BCUT2D eigenvalue weighted by Crippen LogP contribution is -2.08. The fraction of sp³-hybridized carbons (Fsp3) is 0.389. The average molecular weight is 325 g/mol. The quantitative estimate of drug-likeness (QED) is 0.708. The van der Waals surface area contributed by atoms with Crippen LogP contribution >= 0.6 is 0 Å². The summed E-state index contributed by atoms with van der Waals surface area (Å²) in [7, 11) is 1.66. The molecule has 0 aliphatic heterocycles. The average Bonchev–Trinajstić information content (AvgIpc) is 3.17. The molecule has 2 heterocycles. The number of methoxy groups -OCH3 is 1. The first kappa shape index (κ1) is 14.9. The van der Waals surface area contributed by atoms with Gasteiger partial charge in [0.1, 0.15) is 17.7 Å². The highest BCUT2D eigenvalue weighted by atomic mass is 16.5. The zero-order valence-electron chi connectivity index (χ0n) is 13.8. The summed E-state index contributed by atoms with van der Waals surface area (Å²) < 4.78 is 16.1. The molecule has 1 saturated carbocycles. The molecule has 0 bridgehead atoms. The van der Waals surface area contributed by atoms with Gasteiger partial charge in [-0.3, -0.25) is 0 Å². The van der Waals surface area contributed by atoms with Gasteiger partial charge in [0.2, 0.25) is 11.7 Å². The normalized spacial score (nSPS) is 14.6. The standard InChI is InChI=1S/C18H19N3O3/c1-11-8-14(22-2)7-6-13(11)9-16-20-17(21-24-16)15-10-23-18(19-15)12-4-3-5-12/h6-8,10,12H,3-5,9H2,1-2H3. The Balaban J connectivity index is 1.51. The Morgan fingerprint density at radius 1 is 1.25 bits per heavy atom. The predicted molar refractivity (Wildman–Crippen MR) is 86.9 cm³/mol. The molecule has 0 N–H and O–H groups in total. The molecule has 0 radical (unpaired) electrons. The van der Waals surface area contributed by atoms with Crippen molar-refractivity contribution < 1.29 is 13.7 Å². The van der Waals surface area contributed by atoms with Crippen molar-refractivity contribution in [2.75, 3.05) is 7.11 Å². The number of oxazole rings is 1. The van der Waals surface area contributed by atoms with Gasteiger partial charge >= 0.3 is 0 Å². The van der Waals surface area contributed by atoms with Gasteiger partial charge in [0.05, 0.1) is 13.5 Å². The third kappa shape index (κ3) is 2.79. The summed E-state index contributed by atoms with van der Waals surface area (Å²) >= 11 is 0. The molecule has 1 aliphatic rings. The van der Waals surface area contributed by atoms with Crippen LogP contribution in [-0.4, -0.2) is 22.2 Å². The van der Waals surface area contributed by atoms with E-state index in [9.17, 15) is 0 Å². The Kier molecular flexibility index (Phi) is 3.80. The van der Waals surface area contributed by atoms with Crippen molar-refractivity contribution in [1.82, 2.24) is 15.1 Å². The van der Waals surface area contributed by atoms with Crippen LogP contribution in [0.3, 0.4) is 0 Å².